The summed E-state index contributed by atoms with van der Waals surface area (Å²) in [5.74, 6) is -0.244. The maximum absolute atomic E-state index is 13.5. The molecule has 2 aromatic carbocycles. The molecule has 1 fully saturated rings. The lowest BCUT2D eigenvalue weighted by Gasteiger charge is -2.36. The van der Waals surface area contributed by atoms with Crippen LogP contribution in [-0.4, -0.2) is 52.6 Å². The van der Waals surface area contributed by atoms with Gasteiger partial charge in [0.15, 0.2) is 0 Å². The predicted molar refractivity (Wildman–Crippen MR) is 115 cm³/mol. The van der Waals surface area contributed by atoms with Crippen molar-refractivity contribution in [2.45, 2.75) is 19.4 Å². The zero-order chi connectivity index (χ0) is 20.1. The number of aromatic nitrogens is 3. The van der Waals surface area contributed by atoms with E-state index in [0.717, 1.165) is 74.1 Å². The van der Waals surface area contributed by atoms with Crippen molar-refractivity contribution in [2.75, 3.05) is 37.6 Å². The molecule has 0 bridgehead atoms. The molecule has 0 atom stereocenters. The maximum atomic E-state index is 13.5. The van der Waals surface area contributed by atoms with Crippen LogP contribution in [-0.2, 0) is 6.54 Å². The molecule has 7 heteroatoms. The van der Waals surface area contributed by atoms with E-state index >= 15 is 0 Å². The fourth-order valence-electron chi connectivity index (χ4n) is 3.81. The number of benzene rings is 2. The Labute approximate surface area is 175 Å². The first-order valence-electron chi connectivity index (χ1n) is 10.1. The van der Waals surface area contributed by atoms with Crippen molar-refractivity contribution in [3.63, 3.8) is 0 Å². The Morgan fingerprint density at radius 2 is 1.72 bits per heavy atom. The van der Waals surface area contributed by atoms with E-state index < -0.39 is 0 Å². The number of rotatable bonds is 7. The number of hydrogen-bond donors (Lipinski definition) is 0. The van der Waals surface area contributed by atoms with Gasteiger partial charge in [0.05, 0.1) is 22.6 Å². The molecule has 0 unspecified atom stereocenters. The summed E-state index contributed by atoms with van der Waals surface area (Å²) >= 11 is 6.32. The lowest BCUT2D eigenvalue weighted by molar-refractivity contribution is 0.251. The van der Waals surface area contributed by atoms with Crippen LogP contribution in [0.1, 0.15) is 12.8 Å². The molecule has 0 amide bonds. The number of anilines is 1. The van der Waals surface area contributed by atoms with Gasteiger partial charge in [0.25, 0.3) is 0 Å². The highest BCUT2D eigenvalue weighted by molar-refractivity contribution is 6.33. The van der Waals surface area contributed by atoms with Gasteiger partial charge in [0, 0.05) is 38.3 Å². The molecule has 2 heterocycles. The highest BCUT2D eigenvalue weighted by Gasteiger charge is 2.18. The van der Waals surface area contributed by atoms with Crippen LogP contribution in [0.4, 0.5) is 10.1 Å². The fraction of sp³-hybridized carbons (Fsp3) is 0.364. The third-order valence-electron chi connectivity index (χ3n) is 5.40. The summed E-state index contributed by atoms with van der Waals surface area (Å²) in [6, 6.07) is 14.6. The topological polar surface area (TPSA) is 37.2 Å². The number of halogens is 2. The summed E-state index contributed by atoms with van der Waals surface area (Å²) in [6.45, 7) is 5.94. The van der Waals surface area contributed by atoms with Gasteiger partial charge in [-0.15, -0.1) is 5.10 Å². The number of piperazine rings is 1. The second-order valence-electron chi connectivity index (χ2n) is 7.34. The predicted octanol–water partition coefficient (Wildman–Crippen LogP) is 4.34. The van der Waals surface area contributed by atoms with Gasteiger partial charge in [-0.3, -0.25) is 4.90 Å². The first kappa shape index (κ1) is 19.9. The largest absolute Gasteiger partial charge is 0.368 e. The Hall–Kier alpha value is -2.44. The number of nitrogens with zero attached hydrogens (tertiary/aromatic N) is 5. The minimum atomic E-state index is -0.244. The fourth-order valence-corrected chi connectivity index (χ4v) is 4.07. The molecular weight excluding hydrogens is 389 g/mol. The zero-order valence-corrected chi connectivity index (χ0v) is 17.1. The van der Waals surface area contributed by atoms with Gasteiger partial charge < -0.3 is 4.90 Å². The molecule has 4 rings (SSSR count). The van der Waals surface area contributed by atoms with Crippen LogP contribution in [0, 0.1) is 5.82 Å². The molecule has 5 nitrogen and oxygen atoms in total. The van der Waals surface area contributed by atoms with Crippen molar-refractivity contribution >= 4 is 17.3 Å². The van der Waals surface area contributed by atoms with Crippen LogP contribution in [0.3, 0.4) is 0 Å². The minimum absolute atomic E-state index is 0.244. The highest BCUT2D eigenvalue weighted by Crippen LogP contribution is 2.26. The molecule has 0 saturated carbocycles. The SMILES string of the molecule is Fc1cccc(-c2cnnn2CCCCN2CCN(c3ccccc3Cl)CC2)c1. The summed E-state index contributed by atoms with van der Waals surface area (Å²) in [5, 5.41) is 9.00. The lowest BCUT2D eigenvalue weighted by Crippen LogP contribution is -2.46. The maximum Gasteiger partial charge on any atom is 0.123 e. The van der Waals surface area contributed by atoms with Crippen molar-refractivity contribution in [3.8, 4) is 11.3 Å². The first-order chi connectivity index (χ1) is 14.2. The van der Waals surface area contributed by atoms with Crippen molar-refractivity contribution in [3.05, 3.63) is 65.6 Å². The molecule has 1 aromatic heterocycles. The van der Waals surface area contributed by atoms with Crippen LogP contribution in [0.2, 0.25) is 5.02 Å². The van der Waals surface area contributed by atoms with E-state index in [1.807, 2.05) is 28.9 Å². The van der Waals surface area contributed by atoms with Crippen LogP contribution in [0.25, 0.3) is 11.3 Å². The van der Waals surface area contributed by atoms with E-state index in [-0.39, 0.29) is 5.82 Å². The van der Waals surface area contributed by atoms with Gasteiger partial charge in [0.1, 0.15) is 5.82 Å². The van der Waals surface area contributed by atoms with Crippen LogP contribution < -0.4 is 4.90 Å². The van der Waals surface area contributed by atoms with Gasteiger partial charge in [-0.05, 0) is 43.7 Å². The van der Waals surface area contributed by atoms with Crippen molar-refractivity contribution < 1.29 is 4.39 Å². The van der Waals surface area contributed by atoms with Gasteiger partial charge >= 0.3 is 0 Å². The Morgan fingerprint density at radius 3 is 2.52 bits per heavy atom. The lowest BCUT2D eigenvalue weighted by atomic mass is 10.1. The normalized spacial score (nSPS) is 15.0. The third-order valence-corrected chi connectivity index (χ3v) is 5.72. The van der Waals surface area contributed by atoms with Crippen molar-refractivity contribution in [1.82, 2.24) is 19.9 Å². The van der Waals surface area contributed by atoms with Crippen LogP contribution in [0.15, 0.2) is 54.7 Å². The number of aryl methyl sites for hydroxylation is 1. The quantitative estimate of drug-likeness (QED) is 0.540. The van der Waals surface area contributed by atoms with Crippen molar-refractivity contribution in [1.29, 1.82) is 0 Å². The number of para-hydroxylation sites is 1. The number of hydrogen-bond acceptors (Lipinski definition) is 4. The molecule has 0 N–H and O–H groups in total. The molecule has 0 spiro atoms. The van der Waals surface area contributed by atoms with Crippen LogP contribution >= 0.6 is 11.6 Å². The summed E-state index contributed by atoms with van der Waals surface area (Å²) in [4.78, 5) is 4.86. The standard InChI is InChI=1S/C22H25ClFN5/c23-20-8-1-2-9-21(20)28-14-12-27(13-15-28)10-3-4-11-29-22(17-25-26-29)18-6-5-7-19(24)16-18/h1-2,5-9,16-17H,3-4,10-15H2. The van der Waals surface area contributed by atoms with Gasteiger partial charge in [-0.1, -0.05) is 41.1 Å². The molecule has 29 heavy (non-hydrogen) atoms. The second-order valence-corrected chi connectivity index (χ2v) is 7.75. The summed E-state index contributed by atoms with van der Waals surface area (Å²) < 4.78 is 15.4. The molecule has 1 saturated heterocycles. The summed E-state index contributed by atoms with van der Waals surface area (Å²) in [5.41, 5.74) is 2.80. The Bertz CT molecular complexity index is 936. The number of unbranched alkanes of at least 4 members (excludes halogenated alkanes) is 1. The van der Waals surface area contributed by atoms with Gasteiger partial charge in [-0.25, -0.2) is 9.07 Å². The first-order valence-corrected chi connectivity index (χ1v) is 10.4. The molecule has 0 radical (unpaired) electrons. The Kier molecular flexibility index (Phi) is 6.42. The van der Waals surface area contributed by atoms with Gasteiger partial charge in [-0.2, -0.15) is 0 Å². The Balaban J connectivity index is 1.23. The zero-order valence-electron chi connectivity index (χ0n) is 16.3. The monoisotopic (exact) mass is 413 g/mol. The van der Waals surface area contributed by atoms with E-state index in [9.17, 15) is 4.39 Å². The molecular formula is C22H25ClFN5. The smallest absolute Gasteiger partial charge is 0.123 e. The molecule has 1 aliphatic rings. The molecule has 1 aliphatic heterocycles. The van der Waals surface area contributed by atoms with E-state index in [0.29, 0.717) is 0 Å². The second kappa shape index (κ2) is 9.37. The van der Waals surface area contributed by atoms with E-state index in [1.54, 1.807) is 12.3 Å². The van der Waals surface area contributed by atoms with E-state index in [4.69, 9.17) is 11.6 Å². The van der Waals surface area contributed by atoms with E-state index in [1.165, 1.54) is 12.1 Å². The van der Waals surface area contributed by atoms with Crippen LogP contribution in [0.5, 0.6) is 0 Å². The molecule has 0 aliphatic carbocycles. The van der Waals surface area contributed by atoms with Crippen molar-refractivity contribution in [2.24, 2.45) is 0 Å². The van der Waals surface area contributed by atoms with Gasteiger partial charge in [0.2, 0.25) is 0 Å². The Morgan fingerprint density at radius 1 is 0.931 bits per heavy atom. The minimum Gasteiger partial charge on any atom is -0.368 e. The molecule has 3 aromatic rings. The summed E-state index contributed by atoms with van der Waals surface area (Å²) in [6.07, 6.45) is 3.80. The average molecular weight is 414 g/mol. The average Bonchev–Trinajstić information content (AvgIpc) is 3.21. The molecule has 152 valence electrons. The third kappa shape index (κ3) is 4.95. The van der Waals surface area contributed by atoms with E-state index in [2.05, 4.69) is 26.2 Å². The highest BCUT2D eigenvalue weighted by atomic mass is 35.5. The summed E-state index contributed by atoms with van der Waals surface area (Å²) in [7, 11) is 0.